The molecular formula is C13H11N7O. The Balaban J connectivity index is 2.25. The molecule has 0 aliphatic heterocycles. The summed E-state index contributed by atoms with van der Waals surface area (Å²) in [5, 5.41) is 12.1. The molecule has 3 aromatic rings. The van der Waals surface area contributed by atoms with Crippen LogP contribution >= 0.6 is 0 Å². The summed E-state index contributed by atoms with van der Waals surface area (Å²) >= 11 is 0. The number of pyridine rings is 1. The summed E-state index contributed by atoms with van der Waals surface area (Å²) in [6, 6.07) is 6.39. The third-order valence-electron chi connectivity index (χ3n) is 2.77. The van der Waals surface area contributed by atoms with E-state index in [9.17, 15) is 5.21 Å². The Hall–Kier alpha value is -3.29. The van der Waals surface area contributed by atoms with Gasteiger partial charge in [0.2, 0.25) is 5.82 Å². The van der Waals surface area contributed by atoms with Crippen molar-refractivity contribution in [3.05, 3.63) is 48.1 Å². The fourth-order valence-corrected chi connectivity index (χ4v) is 1.88. The summed E-state index contributed by atoms with van der Waals surface area (Å²) in [7, 11) is 0. The lowest BCUT2D eigenvalue weighted by Crippen LogP contribution is -2.30. The SMILES string of the molecule is Nc1ccnc(-c2ccc[n+]([O-])c2-c2nccc(N)n2)n1. The standard InChI is InChI=1S/C13H11N7O/c14-9-3-5-16-12(18-9)8-2-1-7-20(21)11(8)13-17-6-4-10(15)19-13/h1-7H,(H2,14,16,18)(H2,15,17,19). The molecule has 0 aliphatic rings. The molecule has 0 aliphatic carbocycles. The Kier molecular flexibility index (Phi) is 3.03. The first-order chi connectivity index (χ1) is 10.1. The van der Waals surface area contributed by atoms with Crippen molar-refractivity contribution >= 4 is 11.6 Å². The Bertz CT molecular complexity index is 806. The van der Waals surface area contributed by atoms with Gasteiger partial charge in [-0.25, -0.2) is 19.9 Å². The van der Waals surface area contributed by atoms with Gasteiger partial charge < -0.3 is 16.7 Å². The zero-order valence-electron chi connectivity index (χ0n) is 10.8. The fourth-order valence-electron chi connectivity index (χ4n) is 1.88. The Morgan fingerprint density at radius 1 is 0.905 bits per heavy atom. The first-order valence-corrected chi connectivity index (χ1v) is 6.05. The van der Waals surface area contributed by atoms with E-state index in [4.69, 9.17) is 11.5 Å². The van der Waals surface area contributed by atoms with Gasteiger partial charge in [0.25, 0.3) is 5.69 Å². The largest absolute Gasteiger partial charge is 0.618 e. The van der Waals surface area contributed by atoms with Gasteiger partial charge in [-0.3, -0.25) is 0 Å². The van der Waals surface area contributed by atoms with Crippen molar-refractivity contribution < 1.29 is 4.73 Å². The van der Waals surface area contributed by atoms with Crippen LogP contribution in [0.5, 0.6) is 0 Å². The molecular weight excluding hydrogens is 270 g/mol. The number of nitrogens with two attached hydrogens (primary N) is 2. The van der Waals surface area contributed by atoms with Crippen LogP contribution in [0, 0.1) is 5.21 Å². The van der Waals surface area contributed by atoms with Crippen LogP contribution in [0.3, 0.4) is 0 Å². The summed E-state index contributed by atoms with van der Waals surface area (Å²) in [5.74, 6) is 1.09. The average Bonchev–Trinajstić information content (AvgIpc) is 2.47. The summed E-state index contributed by atoms with van der Waals surface area (Å²) in [5.41, 5.74) is 12.0. The predicted octanol–water partition coefficient (Wildman–Crippen LogP) is 0.398. The van der Waals surface area contributed by atoms with E-state index < -0.39 is 0 Å². The van der Waals surface area contributed by atoms with Crippen molar-refractivity contribution in [3.63, 3.8) is 0 Å². The number of nitrogens with zero attached hydrogens (tertiary/aromatic N) is 5. The molecule has 8 heteroatoms. The molecule has 0 bridgehead atoms. The highest BCUT2D eigenvalue weighted by Crippen LogP contribution is 2.24. The Morgan fingerprint density at radius 2 is 1.52 bits per heavy atom. The molecule has 0 spiro atoms. The zero-order valence-corrected chi connectivity index (χ0v) is 10.8. The minimum absolute atomic E-state index is 0.201. The molecule has 0 amide bonds. The van der Waals surface area contributed by atoms with E-state index in [2.05, 4.69) is 19.9 Å². The number of aromatic nitrogens is 5. The average molecular weight is 281 g/mol. The maximum atomic E-state index is 12.1. The van der Waals surface area contributed by atoms with Gasteiger partial charge in [-0.2, -0.15) is 4.73 Å². The summed E-state index contributed by atoms with van der Waals surface area (Å²) in [6.07, 6.45) is 4.34. The van der Waals surface area contributed by atoms with Crippen molar-refractivity contribution in [1.29, 1.82) is 0 Å². The van der Waals surface area contributed by atoms with Gasteiger partial charge in [-0.15, -0.1) is 0 Å². The number of rotatable bonds is 2. The molecule has 4 N–H and O–H groups in total. The molecule has 0 aromatic carbocycles. The van der Waals surface area contributed by atoms with E-state index in [1.807, 2.05) is 0 Å². The maximum absolute atomic E-state index is 12.1. The smallest absolute Gasteiger partial charge is 0.272 e. The molecule has 0 radical (unpaired) electrons. The van der Waals surface area contributed by atoms with Crippen molar-refractivity contribution in [2.45, 2.75) is 0 Å². The van der Waals surface area contributed by atoms with Crippen molar-refractivity contribution in [2.75, 3.05) is 11.5 Å². The second-order valence-electron chi connectivity index (χ2n) is 4.21. The molecule has 3 rings (SSSR count). The normalized spacial score (nSPS) is 10.5. The van der Waals surface area contributed by atoms with Crippen LogP contribution in [-0.4, -0.2) is 19.9 Å². The van der Waals surface area contributed by atoms with Gasteiger partial charge in [-0.1, -0.05) is 0 Å². The van der Waals surface area contributed by atoms with Gasteiger partial charge >= 0.3 is 0 Å². The summed E-state index contributed by atoms with van der Waals surface area (Å²) < 4.78 is 0.649. The van der Waals surface area contributed by atoms with Gasteiger partial charge in [0.05, 0.1) is 5.56 Å². The van der Waals surface area contributed by atoms with Crippen LogP contribution in [0.15, 0.2) is 42.9 Å². The monoisotopic (exact) mass is 281 g/mol. The van der Waals surface area contributed by atoms with Crippen LogP contribution in [0.25, 0.3) is 22.9 Å². The number of hydrogen-bond donors (Lipinski definition) is 2. The van der Waals surface area contributed by atoms with E-state index in [0.717, 1.165) is 0 Å². The van der Waals surface area contributed by atoms with E-state index in [0.29, 0.717) is 21.9 Å². The van der Waals surface area contributed by atoms with Crippen LogP contribution in [0.1, 0.15) is 0 Å². The highest BCUT2D eigenvalue weighted by molar-refractivity contribution is 5.72. The molecule has 8 nitrogen and oxygen atoms in total. The number of anilines is 2. The third kappa shape index (κ3) is 2.41. The zero-order chi connectivity index (χ0) is 14.8. The molecule has 0 saturated carbocycles. The van der Waals surface area contributed by atoms with Crippen molar-refractivity contribution in [1.82, 2.24) is 19.9 Å². The number of nitrogen functional groups attached to an aromatic ring is 2. The maximum Gasteiger partial charge on any atom is 0.272 e. The van der Waals surface area contributed by atoms with Crippen LogP contribution in [-0.2, 0) is 0 Å². The van der Waals surface area contributed by atoms with E-state index >= 15 is 0 Å². The Labute approximate surface area is 119 Å². The second kappa shape index (κ2) is 5.00. The molecule has 0 atom stereocenters. The first kappa shape index (κ1) is 12.7. The minimum Gasteiger partial charge on any atom is -0.618 e. The molecule has 21 heavy (non-hydrogen) atoms. The second-order valence-corrected chi connectivity index (χ2v) is 4.21. The fraction of sp³-hybridized carbons (Fsp3) is 0. The van der Waals surface area contributed by atoms with E-state index in [-0.39, 0.29) is 17.3 Å². The lowest BCUT2D eigenvalue weighted by molar-refractivity contribution is -0.593. The van der Waals surface area contributed by atoms with E-state index in [1.54, 1.807) is 18.2 Å². The lowest BCUT2D eigenvalue weighted by atomic mass is 10.1. The molecule has 3 aromatic heterocycles. The molecule has 0 saturated heterocycles. The van der Waals surface area contributed by atoms with Crippen molar-refractivity contribution in [2.24, 2.45) is 0 Å². The molecule has 0 fully saturated rings. The summed E-state index contributed by atoms with van der Waals surface area (Å²) in [6.45, 7) is 0. The van der Waals surface area contributed by atoms with Crippen LogP contribution < -0.4 is 16.2 Å². The summed E-state index contributed by atoms with van der Waals surface area (Å²) in [4.78, 5) is 16.4. The van der Waals surface area contributed by atoms with Crippen LogP contribution in [0.4, 0.5) is 11.6 Å². The van der Waals surface area contributed by atoms with Gasteiger partial charge in [0.1, 0.15) is 11.6 Å². The van der Waals surface area contributed by atoms with Gasteiger partial charge in [0.15, 0.2) is 12.0 Å². The molecule has 3 heterocycles. The highest BCUT2D eigenvalue weighted by atomic mass is 16.5. The Morgan fingerprint density at radius 3 is 2.19 bits per heavy atom. The number of hydrogen-bond acceptors (Lipinski definition) is 7. The minimum atomic E-state index is 0.201. The van der Waals surface area contributed by atoms with Crippen LogP contribution in [0.2, 0.25) is 0 Å². The highest BCUT2D eigenvalue weighted by Gasteiger charge is 2.21. The van der Waals surface area contributed by atoms with Gasteiger partial charge in [0, 0.05) is 18.5 Å². The molecule has 0 unspecified atom stereocenters. The van der Waals surface area contributed by atoms with E-state index in [1.165, 1.54) is 24.7 Å². The quantitative estimate of drug-likeness (QED) is 0.513. The molecule has 104 valence electrons. The lowest BCUT2D eigenvalue weighted by Gasteiger charge is -2.08. The first-order valence-electron chi connectivity index (χ1n) is 6.05. The third-order valence-corrected chi connectivity index (χ3v) is 2.77. The van der Waals surface area contributed by atoms with Gasteiger partial charge in [-0.05, 0) is 18.2 Å². The van der Waals surface area contributed by atoms with Crippen molar-refractivity contribution in [3.8, 4) is 22.9 Å². The topological polar surface area (TPSA) is 131 Å². The predicted molar refractivity (Wildman–Crippen MR) is 76.3 cm³/mol.